The van der Waals surface area contributed by atoms with E-state index in [1.807, 2.05) is 84.9 Å². The largest absolute Gasteiger partial charge is 0.457 e. The molecule has 0 fully saturated rings. The van der Waals surface area contributed by atoms with Gasteiger partial charge in [0.05, 0.1) is 5.52 Å². The van der Waals surface area contributed by atoms with Crippen molar-refractivity contribution in [2.24, 2.45) is 0 Å². The van der Waals surface area contributed by atoms with Gasteiger partial charge in [-0.05, 0) is 54.1 Å². The molecule has 3 nitrogen and oxygen atoms in total. The number of Topliss-reactive ketones (excluding diaryl/α,β-unsaturated/α-hetero) is 1. The number of ether oxygens (including phenoxy) is 1. The van der Waals surface area contributed by atoms with Crippen molar-refractivity contribution >= 4 is 16.7 Å². The number of hydrogen-bond acceptors (Lipinski definition) is 3. The van der Waals surface area contributed by atoms with Crippen LogP contribution in [-0.4, -0.2) is 10.8 Å². The Morgan fingerprint density at radius 3 is 2.54 bits per heavy atom. The molecule has 0 spiro atoms. The van der Waals surface area contributed by atoms with Crippen LogP contribution in [0.3, 0.4) is 0 Å². The highest BCUT2D eigenvalue weighted by Crippen LogP contribution is 2.23. The van der Waals surface area contributed by atoms with Gasteiger partial charge in [0.2, 0.25) is 0 Å². The molecule has 0 atom stereocenters. The molecule has 4 aromatic rings. The van der Waals surface area contributed by atoms with E-state index >= 15 is 0 Å². The number of carbonyl (C=O) groups is 1. The van der Waals surface area contributed by atoms with Crippen molar-refractivity contribution < 1.29 is 9.53 Å². The number of hydrogen-bond donors (Lipinski definition) is 0. The summed E-state index contributed by atoms with van der Waals surface area (Å²) in [6.45, 7) is 0. The average Bonchev–Trinajstić information content (AvgIpc) is 2.68. The lowest BCUT2D eigenvalue weighted by Gasteiger charge is -2.08. The summed E-state index contributed by atoms with van der Waals surface area (Å²) in [7, 11) is 0. The molecule has 0 amide bonds. The Morgan fingerprint density at radius 2 is 1.65 bits per heavy atom. The lowest BCUT2D eigenvalue weighted by molar-refractivity contribution is 0.0993. The first kappa shape index (κ1) is 16.0. The Hall–Kier alpha value is -3.46. The third-order valence-electron chi connectivity index (χ3n) is 4.17. The fourth-order valence-electron chi connectivity index (χ4n) is 2.88. The second-order valence-electron chi connectivity index (χ2n) is 6.07. The molecule has 4 rings (SSSR count). The van der Waals surface area contributed by atoms with Crippen molar-refractivity contribution in [3.05, 3.63) is 102 Å². The molecule has 3 aromatic carbocycles. The number of ketones is 1. The number of benzene rings is 3. The van der Waals surface area contributed by atoms with Gasteiger partial charge in [-0.3, -0.25) is 9.78 Å². The molecular weight excluding hydrogens is 322 g/mol. The van der Waals surface area contributed by atoms with Crippen molar-refractivity contribution in [3.8, 4) is 11.5 Å². The quantitative estimate of drug-likeness (QED) is 0.454. The smallest absolute Gasteiger partial charge is 0.167 e. The molecule has 126 valence electrons. The molecule has 0 bridgehead atoms. The number of carbonyl (C=O) groups excluding carboxylic acids is 1. The summed E-state index contributed by atoms with van der Waals surface area (Å²) in [6, 6.07) is 26.7. The van der Waals surface area contributed by atoms with Crippen LogP contribution in [0.25, 0.3) is 10.9 Å². The zero-order valence-electron chi connectivity index (χ0n) is 14.1. The molecule has 0 unspecified atom stereocenters. The van der Waals surface area contributed by atoms with E-state index in [2.05, 4.69) is 4.98 Å². The van der Waals surface area contributed by atoms with Gasteiger partial charge >= 0.3 is 0 Å². The molecule has 0 N–H and O–H groups in total. The topological polar surface area (TPSA) is 39.2 Å². The second-order valence-corrected chi connectivity index (χ2v) is 6.07. The minimum absolute atomic E-state index is 0.0765. The van der Waals surface area contributed by atoms with Crippen LogP contribution in [0.15, 0.2) is 91.1 Å². The van der Waals surface area contributed by atoms with E-state index in [4.69, 9.17) is 4.74 Å². The van der Waals surface area contributed by atoms with Gasteiger partial charge in [-0.1, -0.05) is 36.4 Å². The third-order valence-corrected chi connectivity index (χ3v) is 4.17. The number of pyridine rings is 1. The summed E-state index contributed by atoms with van der Waals surface area (Å²) < 4.78 is 5.84. The maximum absolute atomic E-state index is 12.7. The molecule has 1 aromatic heterocycles. The number of para-hydroxylation sites is 1. The van der Waals surface area contributed by atoms with Gasteiger partial charge in [0.1, 0.15) is 11.5 Å². The molecule has 0 aliphatic rings. The zero-order valence-corrected chi connectivity index (χ0v) is 14.1. The number of fused-ring (bicyclic) bond motifs is 1. The van der Waals surface area contributed by atoms with Crippen LogP contribution in [0.5, 0.6) is 11.5 Å². The summed E-state index contributed by atoms with van der Waals surface area (Å²) in [5, 5.41) is 0.972. The van der Waals surface area contributed by atoms with Crippen molar-refractivity contribution in [2.45, 2.75) is 6.42 Å². The Balaban J connectivity index is 1.52. The Labute approximate surface area is 151 Å². The van der Waals surface area contributed by atoms with E-state index in [1.54, 1.807) is 6.20 Å². The van der Waals surface area contributed by atoms with Crippen molar-refractivity contribution in [3.63, 3.8) is 0 Å². The van der Waals surface area contributed by atoms with Crippen molar-refractivity contribution in [1.82, 2.24) is 4.98 Å². The summed E-state index contributed by atoms with van der Waals surface area (Å²) in [4.78, 5) is 17.0. The van der Waals surface area contributed by atoms with Gasteiger partial charge in [-0.25, -0.2) is 0 Å². The maximum Gasteiger partial charge on any atom is 0.167 e. The van der Waals surface area contributed by atoms with Gasteiger partial charge in [0.15, 0.2) is 5.78 Å². The van der Waals surface area contributed by atoms with Crippen molar-refractivity contribution in [1.29, 1.82) is 0 Å². The summed E-state index contributed by atoms with van der Waals surface area (Å²) >= 11 is 0. The number of rotatable bonds is 5. The van der Waals surface area contributed by atoms with Crippen LogP contribution in [-0.2, 0) is 6.42 Å². The lowest BCUT2D eigenvalue weighted by Crippen LogP contribution is -2.03. The van der Waals surface area contributed by atoms with E-state index in [9.17, 15) is 4.79 Å². The molecule has 0 aliphatic heterocycles. The predicted molar refractivity (Wildman–Crippen MR) is 103 cm³/mol. The number of nitrogens with zero attached hydrogens (tertiary/aromatic N) is 1. The minimum Gasteiger partial charge on any atom is -0.457 e. The van der Waals surface area contributed by atoms with E-state index in [-0.39, 0.29) is 5.78 Å². The van der Waals surface area contributed by atoms with Gasteiger partial charge in [-0.15, -0.1) is 0 Å². The Kier molecular flexibility index (Phi) is 4.44. The van der Waals surface area contributed by atoms with Gasteiger partial charge in [0.25, 0.3) is 0 Å². The van der Waals surface area contributed by atoms with Gasteiger partial charge < -0.3 is 4.74 Å². The molecule has 26 heavy (non-hydrogen) atoms. The predicted octanol–water partition coefficient (Wildman–Crippen LogP) is 5.45. The van der Waals surface area contributed by atoms with E-state index in [0.29, 0.717) is 12.0 Å². The normalized spacial score (nSPS) is 10.6. The summed E-state index contributed by atoms with van der Waals surface area (Å²) in [5.41, 5.74) is 2.51. The van der Waals surface area contributed by atoms with Crippen LogP contribution in [0, 0.1) is 0 Å². The van der Waals surface area contributed by atoms with Crippen LogP contribution in [0.4, 0.5) is 0 Å². The number of aromatic nitrogens is 1. The fraction of sp³-hybridized carbons (Fsp3) is 0.0435. The highest BCUT2D eigenvalue weighted by molar-refractivity contribution is 6.00. The van der Waals surface area contributed by atoms with Gasteiger partial charge in [0, 0.05) is 23.6 Å². The fourth-order valence-corrected chi connectivity index (χ4v) is 2.88. The van der Waals surface area contributed by atoms with Crippen molar-refractivity contribution in [2.75, 3.05) is 0 Å². The van der Waals surface area contributed by atoms with Crippen LogP contribution < -0.4 is 4.74 Å². The lowest BCUT2D eigenvalue weighted by atomic mass is 10.0. The second kappa shape index (κ2) is 7.19. The van der Waals surface area contributed by atoms with E-state index in [1.165, 1.54) is 0 Å². The molecule has 0 radical (unpaired) electrons. The van der Waals surface area contributed by atoms with E-state index in [0.717, 1.165) is 28.0 Å². The zero-order chi connectivity index (χ0) is 17.8. The molecule has 3 heteroatoms. The molecule has 0 aliphatic carbocycles. The van der Waals surface area contributed by atoms with Crippen LogP contribution >= 0.6 is 0 Å². The summed E-state index contributed by atoms with van der Waals surface area (Å²) in [6.07, 6.45) is 2.08. The monoisotopic (exact) mass is 339 g/mol. The standard InChI is InChI=1S/C23H17NO2/c25-23(19-11-12-22-18(16-19)7-5-13-24-22)15-17-6-4-10-21(14-17)26-20-8-2-1-3-9-20/h1-14,16H,15H2. The Morgan fingerprint density at radius 1 is 0.808 bits per heavy atom. The Bertz CT molecular complexity index is 1060. The SMILES string of the molecule is O=C(Cc1cccc(Oc2ccccc2)c1)c1ccc2ncccc2c1. The third kappa shape index (κ3) is 3.62. The highest BCUT2D eigenvalue weighted by Gasteiger charge is 2.09. The van der Waals surface area contributed by atoms with Crippen LogP contribution in [0.1, 0.15) is 15.9 Å². The first-order valence-corrected chi connectivity index (χ1v) is 8.48. The first-order valence-electron chi connectivity index (χ1n) is 8.48. The summed E-state index contributed by atoms with van der Waals surface area (Å²) in [5.74, 6) is 1.58. The maximum atomic E-state index is 12.7. The van der Waals surface area contributed by atoms with Crippen LogP contribution in [0.2, 0.25) is 0 Å². The molecule has 1 heterocycles. The molecule has 0 saturated heterocycles. The molecular formula is C23H17NO2. The molecule has 0 saturated carbocycles. The average molecular weight is 339 g/mol. The first-order chi connectivity index (χ1) is 12.8. The highest BCUT2D eigenvalue weighted by atomic mass is 16.5. The van der Waals surface area contributed by atoms with E-state index < -0.39 is 0 Å². The van der Waals surface area contributed by atoms with Gasteiger partial charge in [-0.2, -0.15) is 0 Å². The minimum atomic E-state index is 0.0765.